The van der Waals surface area contributed by atoms with E-state index in [1.165, 1.54) is 71.9 Å². The van der Waals surface area contributed by atoms with E-state index >= 15 is 0 Å². The van der Waals surface area contributed by atoms with Crippen LogP contribution in [0.2, 0.25) is 0 Å². The summed E-state index contributed by atoms with van der Waals surface area (Å²) in [4.78, 5) is 10.5. The highest BCUT2D eigenvalue weighted by Crippen LogP contribution is 2.53. The minimum absolute atomic E-state index is 0.115. The third kappa shape index (κ3) is 5.66. The van der Waals surface area contributed by atoms with Crippen molar-refractivity contribution in [3.8, 4) is 27.9 Å². The third-order valence-electron chi connectivity index (χ3n) is 14.0. The van der Waals surface area contributed by atoms with Crippen molar-refractivity contribution in [1.29, 1.82) is 0 Å². The highest BCUT2D eigenvalue weighted by atomic mass is 15.2. The molecule has 3 atom stereocenters. The largest absolute Gasteiger partial charge is 0.344 e. The summed E-state index contributed by atoms with van der Waals surface area (Å²) >= 11 is 0. The minimum Gasteiger partial charge on any atom is -0.344 e. The van der Waals surface area contributed by atoms with Crippen LogP contribution in [-0.2, 0) is 11.8 Å². The number of benzene rings is 8. The summed E-state index contributed by atoms with van der Waals surface area (Å²) in [5, 5.41) is 6.40. The first kappa shape index (κ1) is 36.5. The van der Waals surface area contributed by atoms with E-state index in [-0.39, 0.29) is 11.6 Å². The van der Waals surface area contributed by atoms with Crippen LogP contribution in [0.15, 0.2) is 198 Å². The van der Waals surface area contributed by atoms with Gasteiger partial charge >= 0.3 is 0 Å². The van der Waals surface area contributed by atoms with Crippen molar-refractivity contribution >= 4 is 33.5 Å². The fourth-order valence-electron chi connectivity index (χ4n) is 10.9. The maximum atomic E-state index is 5.25. The molecule has 1 aliphatic heterocycles. The number of hydrogen-bond donors (Lipinski definition) is 1. The van der Waals surface area contributed by atoms with E-state index in [1.54, 1.807) is 0 Å². The third-order valence-corrected chi connectivity index (χ3v) is 14.0. The van der Waals surface area contributed by atoms with E-state index in [4.69, 9.17) is 9.98 Å². The van der Waals surface area contributed by atoms with Crippen LogP contribution in [-0.4, -0.2) is 16.2 Å². The molecule has 298 valence electrons. The van der Waals surface area contributed by atoms with Crippen LogP contribution in [0.4, 0.5) is 0 Å². The second-order valence-corrected chi connectivity index (χ2v) is 17.8. The van der Waals surface area contributed by atoms with Crippen LogP contribution in [0.5, 0.6) is 0 Å². The first-order valence-electron chi connectivity index (χ1n) is 22.0. The summed E-state index contributed by atoms with van der Waals surface area (Å²) < 4.78 is 2.43. The van der Waals surface area contributed by atoms with Gasteiger partial charge in [-0.1, -0.05) is 178 Å². The predicted octanol–water partition coefficient (Wildman–Crippen LogP) is 13.7. The Labute approximate surface area is 363 Å². The Kier molecular flexibility index (Phi) is 8.33. The Balaban J connectivity index is 0.904. The van der Waals surface area contributed by atoms with Crippen molar-refractivity contribution in [1.82, 2.24) is 9.88 Å². The molecule has 12 rings (SSSR count). The van der Waals surface area contributed by atoms with Crippen LogP contribution in [0.1, 0.15) is 83.3 Å². The highest BCUT2D eigenvalue weighted by molar-refractivity contribution is 6.15. The van der Waals surface area contributed by atoms with E-state index in [2.05, 4.69) is 213 Å². The number of aliphatic imine (C=N–C) groups is 2. The van der Waals surface area contributed by atoms with Gasteiger partial charge in [0.05, 0.1) is 11.0 Å². The van der Waals surface area contributed by atoms with Gasteiger partial charge < -0.3 is 9.88 Å². The molecule has 1 aromatic heterocycles. The first-order chi connectivity index (χ1) is 30.4. The molecule has 3 aliphatic rings. The first-order valence-corrected chi connectivity index (χ1v) is 22.0. The Morgan fingerprint density at radius 3 is 2.18 bits per heavy atom. The molecule has 0 fully saturated rings. The molecule has 2 heterocycles. The van der Waals surface area contributed by atoms with E-state index in [9.17, 15) is 0 Å². The lowest BCUT2D eigenvalue weighted by Crippen LogP contribution is -2.33. The standard InChI is InChI=1S/C58H46N4/c1-36(49-35-40-18-7-8-21-43(40)44-22-9-10-23-45(44)49)39-19-15-20-41(34-39)57-60-55(37-16-5-4-6-17-37)59-56(61-57)38-28-30-42(31-29-38)62-51-27-14-12-25-48(51)53-52(62)33-32-47-46-24-11-13-26-50(46)58(2,3)54(47)53/h4-34,36,49,56H,35H2,1-3H3,(H,59,60,61). The average Bonchev–Trinajstić information content (AvgIpc) is 3.79. The molecule has 0 spiro atoms. The zero-order valence-corrected chi connectivity index (χ0v) is 35.2. The summed E-state index contributed by atoms with van der Waals surface area (Å²) in [6.45, 7) is 7.14. The maximum Gasteiger partial charge on any atom is 0.159 e. The minimum atomic E-state index is -0.324. The monoisotopic (exact) mass is 798 g/mol. The smallest absolute Gasteiger partial charge is 0.159 e. The molecule has 3 unspecified atom stereocenters. The Hall–Kier alpha value is -7.30. The molecule has 9 aromatic rings. The second-order valence-electron chi connectivity index (χ2n) is 17.8. The lowest BCUT2D eigenvalue weighted by atomic mass is 9.72. The number of amidine groups is 2. The molecule has 0 saturated carbocycles. The van der Waals surface area contributed by atoms with E-state index in [1.807, 2.05) is 6.07 Å². The van der Waals surface area contributed by atoms with Crippen LogP contribution in [0, 0.1) is 0 Å². The van der Waals surface area contributed by atoms with Gasteiger partial charge in [-0.25, -0.2) is 9.98 Å². The number of hydrogen-bond acceptors (Lipinski definition) is 3. The molecular formula is C58H46N4. The van der Waals surface area contributed by atoms with E-state index in [0.29, 0.717) is 11.8 Å². The molecule has 62 heavy (non-hydrogen) atoms. The fraction of sp³-hybridized carbons (Fsp3) is 0.138. The van der Waals surface area contributed by atoms with Crippen molar-refractivity contribution < 1.29 is 0 Å². The predicted molar refractivity (Wildman–Crippen MR) is 257 cm³/mol. The zero-order chi connectivity index (χ0) is 41.5. The SMILES string of the molecule is CC(c1cccc(C2=NC(c3ccccc3)=NC(c3ccc(-n4c5ccccc5c5c6c(ccc54)-c4ccccc4C6(C)C)cc3)N2)c1)C1Cc2ccccc2-c2ccccc21. The van der Waals surface area contributed by atoms with Crippen molar-refractivity contribution in [3.05, 3.63) is 233 Å². The molecule has 0 bridgehead atoms. The summed E-state index contributed by atoms with van der Waals surface area (Å²) in [5.41, 5.74) is 18.9. The van der Waals surface area contributed by atoms with Gasteiger partial charge in [0.15, 0.2) is 5.84 Å². The molecule has 0 radical (unpaired) electrons. The van der Waals surface area contributed by atoms with Gasteiger partial charge in [0, 0.05) is 33.0 Å². The normalized spacial score (nSPS) is 17.6. The highest BCUT2D eigenvalue weighted by Gasteiger charge is 2.38. The van der Waals surface area contributed by atoms with Gasteiger partial charge in [-0.2, -0.15) is 0 Å². The van der Waals surface area contributed by atoms with Crippen LogP contribution in [0.25, 0.3) is 49.7 Å². The molecule has 8 aromatic carbocycles. The van der Waals surface area contributed by atoms with Gasteiger partial charge in [-0.05, 0) is 104 Å². The molecule has 2 aliphatic carbocycles. The van der Waals surface area contributed by atoms with Crippen LogP contribution in [0.3, 0.4) is 0 Å². The quantitative estimate of drug-likeness (QED) is 0.179. The lowest BCUT2D eigenvalue weighted by Gasteiger charge is -2.32. The molecule has 4 nitrogen and oxygen atoms in total. The van der Waals surface area contributed by atoms with Gasteiger partial charge in [-0.15, -0.1) is 0 Å². The summed E-state index contributed by atoms with van der Waals surface area (Å²) in [5.74, 6) is 2.21. The number of rotatable bonds is 6. The van der Waals surface area contributed by atoms with Crippen molar-refractivity contribution in [2.75, 3.05) is 0 Å². The number of aromatic nitrogens is 1. The summed E-state index contributed by atoms with van der Waals surface area (Å²) in [6, 6.07) is 68.6. The number of nitrogens with one attached hydrogen (secondary N) is 1. The number of fused-ring (bicyclic) bond motifs is 10. The second kappa shape index (κ2) is 14.1. The Morgan fingerprint density at radius 2 is 1.32 bits per heavy atom. The van der Waals surface area contributed by atoms with E-state index < -0.39 is 0 Å². The van der Waals surface area contributed by atoms with Crippen LogP contribution < -0.4 is 5.32 Å². The zero-order valence-electron chi connectivity index (χ0n) is 35.2. The fourth-order valence-corrected chi connectivity index (χ4v) is 10.9. The number of para-hydroxylation sites is 1. The van der Waals surface area contributed by atoms with Crippen LogP contribution >= 0.6 is 0 Å². The van der Waals surface area contributed by atoms with E-state index in [0.717, 1.165) is 40.5 Å². The van der Waals surface area contributed by atoms with Crippen molar-refractivity contribution in [2.45, 2.75) is 50.6 Å². The van der Waals surface area contributed by atoms with Gasteiger partial charge in [0.25, 0.3) is 0 Å². The number of nitrogens with zero attached hydrogens (tertiary/aromatic N) is 3. The molecule has 0 saturated heterocycles. The maximum absolute atomic E-state index is 5.25. The molecule has 4 heteroatoms. The Bertz CT molecular complexity index is 3290. The molecule has 0 amide bonds. The summed E-state index contributed by atoms with van der Waals surface area (Å²) in [7, 11) is 0. The average molecular weight is 799 g/mol. The summed E-state index contributed by atoms with van der Waals surface area (Å²) in [6.07, 6.45) is 0.694. The molecular weight excluding hydrogens is 753 g/mol. The topological polar surface area (TPSA) is 41.7 Å². The van der Waals surface area contributed by atoms with Crippen molar-refractivity contribution in [3.63, 3.8) is 0 Å². The molecule has 1 N–H and O–H groups in total. The Morgan fingerprint density at radius 1 is 0.613 bits per heavy atom. The van der Waals surface area contributed by atoms with Gasteiger partial charge in [0.2, 0.25) is 0 Å². The van der Waals surface area contributed by atoms with Crippen molar-refractivity contribution in [2.24, 2.45) is 9.98 Å². The van der Waals surface area contributed by atoms with Gasteiger partial charge in [-0.3, -0.25) is 0 Å². The lowest BCUT2D eigenvalue weighted by molar-refractivity contribution is 0.568. The van der Waals surface area contributed by atoms with Gasteiger partial charge in [0.1, 0.15) is 12.0 Å².